The van der Waals surface area contributed by atoms with Crippen LogP contribution in [0.3, 0.4) is 0 Å². The van der Waals surface area contributed by atoms with Crippen LogP contribution < -0.4 is 4.74 Å². The average molecular weight is 323 g/mol. The lowest BCUT2D eigenvalue weighted by Gasteiger charge is -2.10. The van der Waals surface area contributed by atoms with E-state index in [0.717, 1.165) is 13.2 Å². The third-order valence-electron chi connectivity index (χ3n) is 2.02. The van der Waals surface area contributed by atoms with Crippen LogP contribution in [-0.2, 0) is 9.53 Å². The van der Waals surface area contributed by atoms with Gasteiger partial charge in [0.2, 0.25) is 0 Å². The Morgan fingerprint density at radius 2 is 2.00 bits per heavy atom. The van der Waals surface area contributed by atoms with Gasteiger partial charge in [0.05, 0.1) is 18.2 Å². The summed E-state index contributed by atoms with van der Waals surface area (Å²) in [7, 11) is 1.06. The molecule has 0 saturated carbocycles. The Morgan fingerprint density at radius 1 is 1.39 bits per heavy atom. The van der Waals surface area contributed by atoms with Gasteiger partial charge in [0.15, 0.2) is 17.4 Å². The fourth-order valence-electron chi connectivity index (χ4n) is 1.28. The molecule has 0 fully saturated rings. The molecular weight excluding hydrogens is 314 g/mol. The molecule has 0 saturated heterocycles. The number of benzene rings is 1. The number of methoxy groups -OCH3 is 1. The summed E-state index contributed by atoms with van der Waals surface area (Å²) in [5, 5.41) is 0. The normalized spacial score (nSPS) is 10.1. The second-order valence-corrected chi connectivity index (χ2v) is 3.97. The molecule has 7 heteroatoms. The van der Waals surface area contributed by atoms with Gasteiger partial charge < -0.3 is 9.47 Å². The van der Waals surface area contributed by atoms with Crippen LogP contribution in [-0.4, -0.2) is 25.5 Å². The Labute approximate surface area is 110 Å². The molecule has 0 aliphatic rings. The van der Waals surface area contributed by atoms with Crippen molar-refractivity contribution in [3.8, 4) is 5.75 Å². The first-order valence-corrected chi connectivity index (χ1v) is 5.66. The predicted octanol–water partition coefficient (Wildman–Crippen LogP) is 2.48. The minimum absolute atomic E-state index is 0.0506. The topological polar surface area (TPSA) is 52.6 Å². The van der Waals surface area contributed by atoms with Crippen LogP contribution in [0.2, 0.25) is 0 Å². The van der Waals surface area contributed by atoms with Crippen LogP contribution >= 0.6 is 15.9 Å². The highest BCUT2D eigenvalue weighted by atomic mass is 79.9. The van der Waals surface area contributed by atoms with Crippen LogP contribution in [0.15, 0.2) is 10.5 Å². The van der Waals surface area contributed by atoms with Crippen molar-refractivity contribution in [2.24, 2.45) is 0 Å². The second-order valence-electron chi connectivity index (χ2n) is 3.11. The first-order chi connectivity index (χ1) is 8.43. The van der Waals surface area contributed by atoms with Gasteiger partial charge in [0.25, 0.3) is 5.78 Å². The molecule has 0 N–H and O–H groups in total. The summed E-state index contributed by atoms with van der Waals surface area (Å²) in [4.78, 5) is 22.9. The summed E-state index contributed by atoms with van der Waals surface area (Å²) < 4.78 is 36.0. The van der Waals surface area contributed by atoms with Crippen molar-refractivity contribution >= 4 is 27.7 Å². The zero-order valence-corrected chi connectivity index (χ0v) is 11.1. The summed E-state index contributed by atoms with van der Waals surface area (Å²) in [5.74, 6) is -5.24. The molecule has 98 valence electrons. The number of esters is 1. The number of ether oxygens (including phenoxy) is 2. The van der Waals surface area contributed by atoms with E-state index in [0.29, 0.717) is 0 Å². The van der Waals surface area contributed by atoms with Crippen molar-refractivity contribution in [2.75, 3.05) is 13.7 Å². The monoisotopic (exact) mass is 322 g/mol. The van der Waals surface area contributed by atoms with Gasteiger partial charge in [0.1, 0.15) is 5.56 Å². The number of rotatable bonds is 4. The molecule has 0 aromatic heterocycles. The lowest BCUT2D eigenvalue weighted by molar-refractivity contribution is -0.137. The van der Waals surface area contributed by atoms with Crippen LogP contribution in [0.4, 0.5) is 8.78 Å². The van der Waals surface area contributed by atoms with E-state index in [2.05, 4.69) is 25.4 Å². The number of halogens is 3. The van der Waals surface area contributed by atoms with Gasteiger partial charge in [-0.3, -0.25) is 4.79 Å². The molecule has 0 unspecified atom stereocenters. The van der Waals surface area contributed by atoms with Gasteiger partial charge in [-0.2, -0.15) is 0 Å². The van der Waals surface area contributed by atoms with E-state index in [1.807, 2.05) is 0 Å². The van der Waals surface area contributed by atoms with Crippen molar-refractivity contribution in [3.63, 3.8) is 0 Å². The SMILES string of the molecule is CCOC(=O)C(=O)c1c(F)c(Br)cc(F)c1OC. The molecule has 0 radical (unpaired) electrons. The van der Waals surface area contributed by atoms with Gasteiger partial charge in [-0.1, -0.05) is 0 Å². The molecule has 4 nitrogen and oxygen atoms in total. The summed E-state index contributed by atoms with van der Waals surface area (Å²) in [6.07, 6.45) is 0. The Morgan fingerprint density at radius 3 is 2.50 bits per heavy atom. The van der Waals surface area contributed by atoms with Gasteiger partial charge in [-0.25, -0.2) is 13.6 Å². The third-order valence-corrected chi connectivity index (χ3v) is 2.60. The maximum absolute atomic E-state index is 13.8. The molecule has 0 spiro atoms. The molecule has 0 aliphatic heterocycles. The number of carbonyl (C=O) groups excluding carboxylic acids is 2. The number of hydrogen-bond donors (Lipinski definition) is 0. The Balaban J connectivity index is 3.38. The van der Waals surface area contributed by atoms with E-state index in [4.69, 9.17) is 0 Å². The quantitative estimate of drug-likeness (QED) is 0.370. The highest BCUT2D eigenvalue weighted by Crippen LogP contribution is 2.31. The molecule has 1 aromatic carbocycles. The molecule has 0 atom stereocenters. The van der Waals surface area contributed by atoms with E-state index in [1.165, 1.54) is 6.92 Å². The lowest BCUT2D eigenvalue weighted by Crippen LogP contribution is -2.20. The highest BCUT2D eigenvalue weighted by Gasteiger charge is 2.29. The van der Waals surface area contributed by atoms with Crippen LogP contribution in [0.25, 0.3) is 0 Å². The summed E-state index contributed by atoms with van der Waals surface area (Å²) in [5.41, 5.74) is -0.789. The molecule has 0 bridgehead atoms. The molecule has 1 aromatic rings. The first kappa shape index (κ1) is 14.6. The van der Waals surface area contributed by atoms with Crippen LogP contribution in [0.1, 0.15) is 17.3 Å². The largest absolute Gasteiger partial charge is 0.493 e. The van der Waals surface area contributed by atoms with E-state index >= 15 is 0 Å². The van der Waals surface area contributed by atoms with Gasteiger partial charge in [-0.15, -0.1) is 0 Å². The number of Topliss-reactive ketones (excluding diaryl/α,β-unsaturated/α-hetero) is 1. The fourth-order valence-corrected chi connectivity index (χ4v) is 1.68. The second kappa shape index (κ2) is 5.90. The van der Waals surface area contributed by atoms with Gasteiger partial charge in [0, 0.05) is 0 Å². The minimum atomic E-state index is -1.30. The molecule has 18 heavy (non-hydrogen) atoms. The standard InChI is InChI=1S/C11H9BrF2O4/c1-3-18-11(16)9(15)7-8(14)5(12)4-6(13)10(7)17-2/h4H,3H2,1-2H3. The van der Waals surface area contributed by atoms with Crippen molar-refractivity contribution in [3.05, 3.63) is 27.7 Å². The fraction of sp³-hybridized carbons (Fsp3) is 0.273. The molecular formula is C11H9BrF2O4. The van der Waals surface area contributed by atoms with Gasteiger partial charge in [-0.05, 0) is 28.9 Å². The highest BCUT2D eigenvalue weighted by molar-refractivity contribution is 9.10. The Bertz CT molecular complexity index is 502. The number of ketones is 1. The Kier molecular flexibility index (Phi) is 4.77. The van der Waals surface area contributed by atoms with Crippen LogP contribution in [0, 0.1) is 11.6 Å². The van der Waals surface area contributed by atoms with E-state index < -0.39 is 34.7 Å². The summed E-state index contributed by atoms with van der Waals surface area (Å²) in [6.45, 7) is 1.44. The van der Waals surface area contributed by atoms with Gasteiger partial charge >= 0.3 is 5.97 Å². The third kappa shape index (κ3) is 2.66. The van der Waals surface area contributed by atoms with E-state index in [-0.39, 0.29) is 11.1 Å². The lowest BCUT2D eigenvalue weighted by atomic mass is 10.1. The van der Waals surface area contributed by atoms with Crippen molar-refractivity contribution < 1.29 is 27.8 Å². The zero-order chi connectivity index (χ0) is 13.9. The van der Waals surface area contributed by atoms with Crippen molar-refractivity contribution in [1.29, 1.82) is 0 Å². The minimum Gasteiger partial charge on any atom is -0.493 e. The van der Waals surface area contributed by atoms with Crippen LogP contribution in [0.5, 0.6) is 5.75 Å². The summed E-state index contributed by atoms with van der Waals surface area (Å²) >= 11 is 2.74. The maximum Gasteiger partial charge on any atom is 0.379 e. The number of hydrogen-bond acceptors (Lipinski definition) is 4. The Hall–Kier alpha value is -1.50. The van der Waals surface area contributed by atoms with Crippen molar-refractivity contribution in [1.82, 2.24) is 0 Å². The molecule has 0 heterocycles. The molecule has 0 amide bonds. The molecule has 0 aliphatic carbocycles. The number of carbonyl (C=O) groups is 2. The summed E-state index contributed by atoms with van der Waals surface area (Å²) in [6, 6.07) is 0.802. The first-order valence-electron chi connectivity index (χ1n) is 4.86. The maximum atomic E-state index is 13.8. The predicted molar refractivity (Wildman–Crippen MR) is 61.6 cm³/mol. The average Bonchev–Trinajstić information content (AvgIpc) is 2.32. The van der Waals surface area contributed by atoms with E-state index in [1.54, 1.807) is 0 Å². The smallest absolute Gasteiger partial charge is 0.379 e. The van der Waals surface area contributed by atoms with E-state index in [9.17, 15) is 18.4 Å². The zero-order valence-electron chi connectivity index (χ0n) is 9.55. The van der Waals surface area contributed by atoms with Crippen molar-refractivity contribution in [2.45, 2.75) is 6.92 Å². The molecule has 1 rings (SSSR count).